The van der Waals surface area contributed by atoms with Crippen LogP contribution in [0.4, 0.5) is 0 Å². The predicted octanol–water partition coefficient (Wildman–Crippen LogP) is 5.73. The summed E-state index contributed by atoms with van der Waals surface area (Å²) in [6, 6.07) is 0. The van der Waals surface area contributed by atoms with Crippen molar-refractivity contribution < 1.29 is 4.79 Å². The van der Waals surface area contributed by atoms with Gasteiger partial charge in [-0.3, -0.25) is 4.79 Å². The van der Waals surface area contributed by atoms with Crippen molar-refractivity contribution in [3.63, 3.8) is 0 Å². The molecular weight excluding hydrogens is 270 g/mol. The lowest BCUT2D eigenvalue weighted by molar-refractivity contribution is -0.113. The van der Waals surface area contributed by atoms with Gasteiger partial charge in [0.1, 0.15) is 0 Å². The molecule has 0 aliphatic heterocycles. The summed E-state index contributed by atoms with van der Waals surface area (Å²) >= 11 is 0. The van der Waals surface area contributed by atoms with Crippen molar-refractivity contribution in [2.24, 2.45) is 17.8 Å². The number of nitrogens with one attached hydrogen (secondary N) is 1. The molecule has 0 aromatic rings. The van der Waals surface area contributed by atoms with Gasteiger partial charge in [0.05, 0.1) is 5.71 Å². The smallest absolute Gasteiger partial charge is 0.176 e. The second-order valence-electron chi connectivity index (χ2n) is 7.33. The van der Waals surface area contributed by atoms with Crippen LogP contribution < -0.4 is 0 Å². The number of Topliss-reactive ketones (excluding diaryl/α,β-unsaturated/α-hetero) is 1. The van der Waals surface area contributed by atoms with Gasteiger partial charge in [0, 0.05) is 12.3 Å². The maximum Gasteiger partial charge on any atom is 0.176 e. The fourth-order valence-electron chi connectivity index (χ4n) is 3.16. The van der Waals surface area contributed by atoms with Crippen LogP contribution in [0, 0.1) is 23.2 Å². The summed E-state index contributed by atoms with van der Waals surface area (Å²) < 4.78 is 0. The zero-order valence-electron chi connectivity index (χ0n) is 15.0. The van der Waals surface area contributed by atoms with Crippen molar-refractivity contribution in [3.05, 3.63) is 23.3 Å². The van der Waals surface area contributed by atoms with Crippen molar-refractivity contribution in [2.75, 3.05) is 0 Å². The quantitative estimate of drug-likeness (QED) is 0.429. The molecule has 2 unspecified atom stereocenters. The van der Waals surface area contributed by atoms with Crippen molar-refractivity contribution >= 4 is 11.5 Å². The van der Waals surface area contributed by atoms with Gasteiger partial charge in [-0.2, -0.15) is 0 Å². The number of hydrogen-bond acceptors (Lipinski definition) is 2. The number of ketones is 1. The van der Waals surface area contributed by atoms with Gasteiger partial charge in [0.2, 0.25) is 0 Å². The number of hydrogen-bond donors (Lipinski definition) is 1. The van der Waals surface area contributed by atoms with Crippen LogP contribution in [0.15, 0.2) is 23.3 Å². The fraction of sp³-hybridized carbons (Fsp3) is 0.700. The molecule has 22 heavy (non-hydrogen) atoms. The Morgan fingerprint density at radius 1 is 1.18 bits per heavy atom. The second-order valence-corrected chi connectivity index (χ2v) is 7.33. The van der Waals surface area contributed by atoms with E-state index < -0.39 is 0 Å². The Hall–Kier alpha value is -1.18. The molecule has 0 heterocycles. The van der Waals surface area contributed by atoms with E-state index in [0.29, 0.717) is 24.0 Å². The minimum absolute atomic E-state index is 0.0403. The first-order chi connectivity index (χ1) is 10.3. The molecule has 1 fully saturated rings. The molecule has 0 radical (unpaired) electrons. The largest absolute Gasteiger partial charge is 0.301 e. The lowest BCUT2D eigenvalue weighted by Crippen LogP contribution is -2.22. The van der Waals surface area contributed by atoms with Crippen molar-refractivity contribution in [1.29, 1.82) is 5.41 Å². The maximum atomic E-state index is 12.1. The first-order valence-corrected chi connectivity index (χ1v) is 8.82. The number of carbonyl (C=O) groups excluding carboxylic acids is 1. The number of carbonyl (C=O) groups is 1. The third-order valence-corrected chi connectivity index (χ3v) is 4.37. The molecule has 1 N–H and O–H groups in total. The molecule has 2 atom stereocenters. The Labute approximate surface area is 136 Å². The summed E-state index contributed by atoms with van der Waals surface area (Å²) in [5.74, 6) is 1.11. The van der Waals surface area contributed by atoms with E-state index in [-0.39, 0.29) is 11.7 Å². The molecule has 2 heteroatoms. The van der Waals surface area contributed by atoms with E-state index in [2.05, 4.69) is 39.8 Å². The third kappa shape index (κ3) is 6.29. The average molecular weight is 303 g/mol. The lowest BCUT2D eigenvalue weighted by Gasteiger charge is -2.23. The summed E-state index contributed by atoms with van der Waals surface area (Å²) in [5.41, 5.74) is 3.40. The normalized spacial score (nSPS) is 17.0. The Morgan fingerprint density at radius 2 is 1.82 bits per heavy atom. The van der Waals surface area contributed by atoms with Gasteiger partial charge in [-0.05, 0) is 43.9 Å². The summed E-state index contributed by atoms with van der Waals surface area (Å²) in [5, 5.41) is 8.03. The van der Waals surface area contributed by atoms with Gasteiger partial charge >= 0.3 is 0 Å². The number of rotatable bonds is 9. The molecule has 0 aromatic heterocycles. The predicted molar refractivity (Wildman–Crippen MR) is 95.4 cm³/mol. The highest BCUT2D eigenvalue weighted by atomic mass is 16.1. The van der Waals surface area contributed by atoms with E-state index in [0.717, 1.165) is 32.1 Å². The third-order valence-electron chi connectivity index (χ3n) is 4.37. The topological polar surface area (TPSA) is 40.9 Å². The second kappa shape index (κ2) is 9.07. The van der Waals surface area contributed by atoms with E-state index in [1.54, 1.807) is 5.57 Å². The molecule has 1 aliphatic rings. The first-order valence-electron chi connectivity index (χ1n) is 8.82. The zero-order chi connectivity index (χ0) is 16.7. The van der Waals surface area contributed by atoms with Crippen LogP contribution in [0.3, 0.4) is 0 Å². The van der Waals surface area contributed by atoms with E-state index in [4.69, 9.17) is 5.41 Å². The van der Waals surface area contributed by atoms with Gasteiger partial charge in [0.25, 0.3) is 0 Å². The average Bonchev–Trinajstić information content (AvgIpc) is 2.40. The summed E-state index contributed by atoms with van der Waals surface area (Å²) in [6.07, 6.45) is 10.4. The van der Waals surface area contributed by atoms with Crippen LogP contribution in [0.1, 0.15) is 73.1 Å². The Morgan fingerprint density at radius 3 is 2.36 bits per heavy atom. The highest BCUT2D eigenvalue weighted by Crippen LogP contribution is 2.33. The van der Waals surface area contributed by atoms with Gasteiger partial charge in [-0.15, -0.1) is 0 Å². The van der Waals surface area contributed by atoms with Gasteiger partial charge in [-0.25, -0.2) is 0 Å². The fourth-order valence-corrected chi connectivity index (χ4v) is 3.16. The maximum absolute atomic E-state index is 12.1. The summed E-state index contributed by atoms with van der Waals surface area (Å²) in [4.78, 5) is 12.1. The van der Waals surface area contributed by atoms with E-state index in [1.807, 2.05) is 6.92 Å². The van der Waals surface area contributed by atoms with E-state index in [1.165, 1.54) is 5.57 Å². The Bertz CT molecular complexity index is 446. The molecule has 124 valence electrons. The van der Waals surface area contributed by atoms with Crippen LogP contribution in [0.25, 0.3) is 0 Å². The van der Waals surface area contributed by atoms with Crippen molar-refractivity contribution in [2.45, 2.75) is 73.1 Å². The zero-order valence-corrected chi connectivity index (χ0v) is 15.0. The molecule has 1 rings (SSSR count). The van der Waals surface area contributed by atoms with Crippen LogP contribution in [0.5, 0.6) is 0 Å². The molecule has 2 nitrogen and oxygen atoms in total. The molecule has 0 spiro atoms. The van der Waals surface area contributed by atoms with Gasteiger partial charge < -0.3 is 5.41 Å². The van der Waals surface area contributed by atoms with Crippen LogP contribution in [0.2, 0.25) is 0 Å². The van der Waals surface area contributed by atoms with Crippen molar-refractivity contribution in [1.82, 2.24) is 0 Å². The summed E-state index contributed by atoms with van der Waals surface area (Å²) in [7, 11) is 0. The molecule has 0 bridgehead atoms. The monoisotopic (exact) mass is 303 g/mol. The minimum Gasteiger partial charge on any atom is -0.301 e. The number of allylic oxidation sites excluding steroid dienone is 4. The molecule has 0 saturated heterocycles. The highest BCUT2D eigenvalue weighted by Gasteiger charge is 2.19. The lowest BCUT2D eigenvalue weighted by atomic mass is 9.82. The highest BCUT2D eigenvalue weighted by molar-refractivity contribution is 6.39. The van der Waals surface area contributed by atoms with Crippen LogP contribution in [-0.2, 0) is 4.79 Å². The first kappa shape index (κ1) is 18.9. The molecule has 0 aromatic carbocycles. The summed E-state index contributed by atoms with van der Waals surface area (Å²) in [6.45, 7) is 10.6. The van der Waals surface area contributed by atoms with Gasteiger partial charge in [-0.1, -0.05) is 57.9 Å². The standard InChI is InChI=1S/C20H33NO/c1-6-7-17-12-18(13-17)11-15(4)8-9-19(22)20(21)16(5)10-14(2)3/h7,11,14-16,21H,6,8-10,12-13H2,1-5H3. The molecule has 0 amide bonds. The van der Waals surface area contributed by atoms with E-state index >= 15 is 0 Å². The molecule has 1 saturated carbocycles. The minimum atomic E-state index is 0.0403. The van der Waals surface area contributed by atoms with E-state index in [9.17, 15) is 4.79 Å². The van der Waals surface area contributed by atoms with Crippen LogP contribution >= 0.6 is 0 Å². The molecular formula is C20H33NO. The van der Waals surface area contributed by atoms with Crippen molar-refractivity contribution in [3.8, 4) is 0 Å². The Balaban J connectivity index is 2.33. The molecule has 1 aliphatic carbocycles. The SMILES string of the molecule is CCC=C1CC(=CC(C)CCC(=O)C(=N)C(C)CC(C)C)C1. The van der Waals surface area contributed by atoms with Gasteiger partial charge in [0.15, 0.2) is 5.78 Å². The Kier molecular flexibility index (Phi) is 7.78. The van der Waals surface area contributed by atoms with Crippen LogP contribution in [-0.4, -0.2) is 11.5 Å².